The molecule has 0 unspecified atom stereocenters. The molecule has 0 bridgehead atoms. The van der Waals surface area contributed by atoms with Crippen molar-refractivity contribution in [2.75, 3.05) is 42.7 Å². The molecule has 3 aromatic carbocycles. The first kappa shape index (κ1) is 51.1. The molecule has 0 amide bonds. The number of hydrogen-bond donors (Lipinski definition) is 0. The first-order chi connectivity index (χ1) is 28.9. The van der Waals surface area contributed by atoms with Crippen LogP contribution in [-0.2, 0) is 33.3 Å². The number of esters is 3. The minimum Gasteiger partial charge on any atom is -0.497 e. The quantitative estimate of drug-likeness (QED) is 0.0804. The van der Waals surface area contributed by atoms with Gasteiger partial charge in [-0.05, 0) is 110 Å². The number of carbonyl (C=O) groups excluding carboxylic acids is 3. The SMILES string of the molecule is C=C=C=C.CB1OB(C)OB(C)O1.COC(=O)c1cc(OC)ccc1Br.COC(=O)c1cc(OC)ccc1C.COC(=O)c1cc(OC)ccc1CBr.[2H][2H].[2H][2H].[B]B([B])[B]. The predicted octanol–water partition coefficient (Wildman–Crippen LogP) is 6.90. The Morgan fingerprint density at radius 2 is 1.02 bits per heavy atom. The number of hydrogen-bond acceptors (Lipinski definition) is 12. The van der Waals surface area contributed by atoms with Gasteiger partial charge in [0.2, 0.25) is 0 Å². The Morgan fingerprint density at radius 3 is 1.39 bits per heavy atom. The van der Waals surface area contributed by atoms with E-state index >= 15 is 0 Å². The van der Waals surface area contributed by atoms with E-state index in [9.17, 15) is 14.4 Å². The van der Waals surface area contributed by atoms with E-state index in [1.807, 2.05) is 51.7 Å². The summed E-state index contributed by atoms with van der Waals surface area (Å²) in [4.78, 5) is 33.8. The Hall–Kier alpha value is -3.94. The molecule has 57 heavy (non-hydrogen) atoms. The lowest BCUT2D eigenvalue weighted by molar-refractivity contribution is 0.0590. The largest absolute Gasteiger partial charge is 0.497 e. The zero-order chi connectivity index (χ0) is 48.1. The van der Waals surface area contributed by atoms with Crippen LogP contribution in [0.25, 0.3) is 0 Å². The topological polar surface area (TPSA) is 134 Å². The third-order valence-electron chi connectivity index (χ3n) is 6.57. The molecule has 1 aliphatic rings. The fourth-order valence-corrected chi connectivity index (χ4v) is 4.86. The van der Waals surface area contributed by atoms with Gasteiger partial charge in [0.05, 0.1) is 59.3 Å². The predicted molar refractivity (Wildman–Crippen MR) is 242 cm³/mol. The highest BCUT2D eigenvalue weighted by molar-refractivity contribution is 9.10. The van der Waals surface area contributed by atoms with Gasteiger partial charge in [-0.3, -0.25) is 0 Å². The summed E-state index contributed by atoms with van der Waals surface area (Å²) in [5, 5.41) is 0.613. The van der Waals surface area contributed by atoms with Gasteiger partial charge in [-0.15, -0.1) is 0 Å². The van der Waals surface area contributed by atoms with Crippen molar-refractivity contribution >= 4 is 101 Å². The number of methoxy groups -OCH3 is 6. The second-order valence-electron chi connectivity index (χ2n) is 10.7. The highest BCUT2D eigenvalue weighted by Crippen LogP contribution is 2.23. The maximum absolute atomic E-state index is 11.4. The number of alkyl halides is 1. The average Bonchev–Trinajstić information content (AvgIpc) is 3.27. The second-order valence-corrected chi connectivity index (χ2v) is 12.1. The molecule has 21 heteroatoms. The fraction of sp³-hybridized carbons (Fsp3) is 0.306. The van der Waals surface area contributed by atoms with Crippen molar-refractivity contribution in [3.05, 3.63) is 112 Å². The van der Waals surface area contributed by atoms with Crippen molar-refractivity contribution in [1.82, 2.24) is 0 Å². The second kappa shape index (κ2) is 32.1. The zero-order valence-corrected chi connectivity index (χ0v) is 37.2. The maximum Gasteiger partial charge on any atom is 0.426 e. The Bertz CT molecular complexity index is 1660. The maximum atomic E-state index is 11.4. The van der Waals surface area contributed by atoms with E-state index in [2.05, 4.69) is 93.9 Å². The van der Waals surface area contributed by atoms with E-state index in [1.165, 1.54) is 21.3 Å². The molecule has 0 aliphatic carbocycles. The van der Waals surface area contributed by atoms with E-state index in [0.29, 0.717) is 43.7 Å². The summed E-state index contributed by atoms with van der Waals surface area (Å²) in [7, 11) is 22.3. The van der Waals surface area contributed by atoms with Crippen LogP contribution in [0.15, 0.2) is 83.7 Å². The van der Waals surface area contributed by atoms with Crippen molar-refractivity contribution in [3.8, 4) is 17.2 Å². The molecule has 12 nitrogen and oxygen atoms in total. The normalized spacial score (nSPS) is 10.9. The van der Waals surface area contributed by atoms with Gasteiger partial charge in [0, 0.05) is 45.3 Å². The molecule has 0 N–H and O–H groups in total. The van der Waals surface area contributed by atoms with E-state index in [1.54, 1.807) is 51.7 Å². The molecule has 1 aliphatic heterocycles. The van der Waals surface area contributed by atoms with E-state index in [0.717, 1.165) is 11.1 Å². The summed E-state index contributed by atoms with van der Waals surface area (Å²) >= 11 is 6.55. The number of halogens is 2. The molecule has 0 atom stereocenters. The Labute approximate surface area is 365 Å². The van der Waals surface area contributed by atoms with Crippen LogP contribution in [0, 0.1) is 6.92 Å². The molecule has 0 saturated carbocycles. The number of carbonyl (C=O) groups is 3. The van der Waals surface area contributed by atoms with Crippen molar-refractivity contribution in [2.24, 2.45) is 0 Å². The van der Waals surface area contributed by atoms with Crippen LogP contribution in [0.4, 0.5) is 0 Å². The Balaban J connectivity index is -0.000000328. The van der Waals surface area contributed by atoms with Gasteiger partial charge >= 0.3 is 39.3 Å². The molecule has 4 rings (SSSR count). The summed E-state index contributed by atoms with van der Waals surface area (Å²) in [5.74, 6) is 0.866. The van der Waals surface area contributed by atoms with Crippen LogP contribution < -0.4 is 14.2 Å². The smallest absolute Gasteiger partial charge is 0.426 e. The molecule has 1 saturated heterocycles. The minimum atomic E-state index is -0.667. The summed E-state index contributed by atoms with van der Waals surface area (Å²) < 4.78 is 64.9. The van der Waals surface area contributed by atoms with Crippen LogP contribution in [0.2, 0.25) is 20.5 Å². The van der Waals surface area contributed by atoms with Crippen molar-refractivity contribution in [3.63, 3.8) is 0 Å². The van der Waals surface area contributed by atoms with Gasteiger partial charge in [-0.2, -0.15) is 0 Å². The van der Waals surface area contributed by atoms with E-state index in [-0.39, 0.29) is 39.3 Å². The van der Waals surface area contributed by atoms with Gasteiger partial charge in [0.15, 0.2) is 0 Å². The molecule has 300 valence electrons. The van der Waals surface area contributed by atoms with Gasteiger partial charge in [-0.25, -0.2) is 14.4 Å². The molecule has 0 spiro atoms. The van der Waals surface area contributed by atoms with E-state index < -0.39 is 6.39 Å². The first-order valence-corrected chi connectivity index (χ1v) is 18.6. The van der Waals surface area contributed by atoms with E-state index in [4.69, 9.17) is 33.9 Å². The monoisotopic (exact) mass is 912 g/mol. The summed E-state index contributed by atoms with van der Waals surface area (Å²) in [5.41, 5.74) is 7.94. The highest BCUT2D eigenvalue weighted by atomic mass is 79.9. The minimum absolute atomic E-state index is 0.135. The lowest BCUT2D eigenvalue weighted by Gasteiger charge is -2.25. The number of ether oxygens (including phenoxy) is 6. The lowest BCUT2D eigenvalue weighted by Crippen LogP contribution is -2.44. The first-order valence-electron chi connectivity index (χ1n) is 18.7. The van der Waals surface area contributed by atoms with Gasteiger partial charge in [0.1, 0.15) is 17.2 Å². The van der Waals surface area contributed by atoms with Gasteiger partial charge < -0.3 is 42.1 Å². The number of rotatable bonds is 7. The molecule has 0 aromatic heterocycles. The van der Waals surface area contributed by atoms with Crippen LogP contribution in [-0.4, -0.2) is 112 Å². The van der Waals surface area contributed by atoms with Gasteiger partial charge in [-0.1, -0.05) is 39.5 Å². The molecule has 3 aromatic rings. The van der Waals surface area contributed by atoms with Crippen molar-refractivity contribution in [2.45, 2.75) is 32.7 Å². The lowest BCUT2D eigenvalue weighted by atomic mass is 9.08. The van der Waals surface area contributed by atoms with Crippen LogP contribution in [0.1, 0.15) is 48.1 Å². The number of benzene rings is 3. The molecular formula is C36H49B7Br2O12. The average molecular weight is 913 g/mol. The van der Waals surface area contributed by atoms with Crippen LogP contribution >= 0.6 is 31.9 Å². The van der Waals surface area contributed by atoms with Crippen LogP contribution in [0.3, 0.4) is 0 Å². The third-order valence-corrected chi connectivity index (χ3v) is 7.87. The third kappa shape index (κ3) is 23.8. The highest BCUT2D eigenvalue weighted by Gasteiger charge is 2.31. The Kier molecular flexibility index (Phi) is 28.7. The fourth-order valence-electron chi connectivity index (χ4n) is 3.96. The summed E-state index contributed by atoms with van der Waals surface area (Å²) in [6.45, 7) is 13.8. The standard InChI is InChI=1S/C10H11BrO3.C10H12O3.C9H9BrO3.C4H4.C3H9B3O3.B4.2H2/c1-13-8-4-3-7(6-11)9(5-8)10(12)14-2;1-7-4-5-8(12-2)6-9(7)10(11)13-3;1-12-6-3-4-8(10)7(5-6)9(11)13-2;1-3-4-2;1-4-7-5(2)9-6(3)8-4;1-4(2)3;;/h3-5H,6H2,1-2H3;4-6H,1-3H3;3-5H,1-2H3;1-2H2;1-3H3;;2*1H/i;;;;;;2*1+1D. The van der Waals surface area contributed by atoms with Crippen LogP contribution in [0.5, 0.6) is 17.2 Å². The zero-order valence-electron chi connectivity index (χ0n) is 38.0. The summed E-state index contributed by atoms with van der Waals surface area (Å²) in [6.07, 6.45) is -0.667. The van der Waals surface area contributed by atoms with Gasteiger partial charge in [0.25, 0.3) is 0 Å². The van der Waals surface area contributed by atoms with Crippen molar-refractivity contribution < 1.29 is 62.5 Å². The molecular weight excluding hydrogens is 860 g/mol. The molecule has 1 fully saturated rings. The van der Waals surface area contributed by atoms with Crippen molar-refractivity contribution in [1.29, 1.82) is 0 Å². The molecule has 1 heterocycles. The Morgan fingerprint density at radius 1 is 0.684 bits per heavy atom. The number of aryl methyl sites for hydroxylation is 1. The molecule has 6 radical (unpaired) electrons. The summed E-state index contributed by atoms with van der Waals surface area (Å²) in [6, 6.07) is 15.7.